The van der Waals surface area contributed by atoms with E-state index in [9.17, 15) is 8.42 Å². The van der Waals surface area contributed by atoms with Crippen molar-refractivity contribution in [1.82, 2.24) is 4.72 Å². The predicted octanol–water partition coefficient (Wildman–Crippen LogP) is 0.686. The molecule has 0 saturated heterocycles. The van der Waals surface area contributed by atoms with Crippen LogP contribution in [0.1, 0.15) is 0 Å². The Morgan fingerprint density at radius 2 is 1.86 bits per heavy atom. The van der Waals surface area contributed by atoms with Crippen LogP contribution in [0, 0.1) is 0 Å². The first-order valence-corrected chi connectivity index (χ1v) is 6.29. The van der Waals surface area contributed by atoms with Gasteiger partial charge in [-0.25, -0.2) is 13.1 Å². The van der Waals surface area contributed by atoms with Crippen LogP contribution < -0.4 is 10.5 Å². The van der Waals surface area contributed by atoms with Crippen molar-refractivity contribution in [3.63, 3.8) is 0 Å². The molecule has 78 valence electrons. The normalized spacial score (nSPS) is 11.6. The summed E-state index contributed by atoms with van der Waals surface area (Å²) in [7, 11) is -3.39. The fourth-order valence-electron chi connectivity index (χ4n) is 0.890. The summed E-state index contributed by atoms with van der Waals surface area (Å²) in [5.74, 6) is 0. The minimum atomic E-state index is -3.39. The summed E-state index contributed by atoms with van der Waals surface area (Å²) in [5, 5.41) is 0. The van der Waals surface area contributed by atoms with Gasteiger partial charge in [0.25, 0.3) is 0 Å². The number of hydrogen-bond donors (Lipinski definition) is 2. The van der Waals surface area contributed by atoms with E-state index in [0.717, 1.165) is 4.47 Å². The Bertz CT molecular complexity index is 388. The van der Waals surface area contributed by atoms with Crippen molar-refractivity contribution in [3.8, 4) is 0 Å². The average Bonchev–Trinajstić information content (AvgIpc) is 2.16. The number of sulfonamides is 1. The summed E-state index contributed by atoms with van der Waals surface area (Å²) in [6.07, 6.45) is 0. The lowest BCUT2D eigenvalue weighted by molar-refractivity contribution is 0.582. The van der Waals surface area contributed by atoms with E-state index in [4.69, 9.17) is 5.73 Å². The van der Waals surface area contributed by atoms with Gasteiger partial charge in [0.05, 0.1) is 4.90 Å². The minimum Gasteiger partial charge on any atom is -0.329 e. The summed E-state index contributed by atoms with van der Waals surface area (Å²) in [6.45, 7) is 0.536. The molecular weight excluding hydrogens is 268 g/mol. The smallest absolute Gasteiger partial charge is 0.240 e. The Morgan fingerprint density at radius 1 is 1.29 bits per heavy atom. The molecule has 0 bridgehead atoms. The molecule has 0 amide bonds. The molecule has 0 atom stereocenters. The molecule has 3 N–H and O–H groups in total. The maximum absolute atomic E-state index is 11.5. The maximum atomic E-state index is 11.5. The van der Waals surface area contributed by atoms with Gasteiger partial charge in [0.1, 0.15) is 0 Å². The molecule has 0 unspecified atom stereocenters. The summed E-state index contributed by atoms with van der Waals surface area (Å²) in [6, 6.07) is 6.42. The molecule has 0 saturated carbocycles. The van der Waals surface area contributed by atoms with Crippen LogP contribution in [-0.4, -0.2) is 21.5 Å². The Hall–Kier alpha value is -0.430. The third-order valence-corrected chi connectivity index (χ3v) is 3.57. The van der Waals surface area contributed by atoms with Crippen LogP contribution >= 0.6 is 15.9 Å². The largest absolute Gasteiger partial charge is 0.329 e. The van der Waals surface area contributed by atoms with Crippen molar-refractivity contribution in [2.75, 3.05) is 13.1 Å². The molecule has 4 nitrogen and oxygen atoms in total. The van der Waals surface area contributed by atoms with Crippen molar-refractivity contribution >= 4 is 26.0 Å². The van der Waals surface area contributed by atoms with E-state index >= 15 is 0 Å². The first kappa shape index (κ1) is 11.6. The van der Waals surface area contributed by atoms with Gasteiger partial charge in [-0.3, -0.25) is 0 Å². The number of nitrogens with two attached hydrogens (primary N) is 1. The highest BCUT2D eigenvalue weighted by molar-refractivity contribution is 9.10. The SMILES string of the molecule is NCCNS(=O)(=O)c1ccc(Br)cc1. The molecular formula is C8H11BrN2O2S. The van der Waals surface area contributed by atoms with Gasteiger partial charge in [-0.2, -0.15) is 0 Å². The van der Waals surface area contributed by atoms with Crippen LogP contribution in [0.4, 0.5) is 0 Å². The Balaban J connectivity index is 2.87. The van der Waals surface area contributed by atoms with Crippen LogP contribution in [0.5, 0.6) is 0 Å². The minimum absolute atomic E-state index is 0.245. The highest BCUT2D eigenvalue weighted by atomic mass is 79.9. The van der Waals surface area contributed by atoms with Gasteiger partial charge in [0, 0.05) is 17.6 Å². The number of benzene rings is 1. The fraction of sp³-hybridized carbons (Fsp3) is 0.250. The van der Waals surface area contributed by atoms with Crippen LogP contribution in [0.25, 0.3) is 0 Å². The van der Waals surface area contributed by atoms with Crippen molar-refractivity contribution in [2.24, 2.45) is 5.73 Å². The molecule has 6 heteroatoms. The molecule has 0 radical (unpaired) electrons. The zero-order valence-electron chi connectivity index (χ0n) is 7.40. The third kappa shape index (κ3) is 3.06. The number of halogens is 1. The number of rotatable bonds is 4. The molecule has 0 spiro atoms. The highest BCUT2D eigenvalue weighted by Gasteiger charge is 2.11. The second kappa shape index (κ2) is 4.88. The van der Waals surface area contributed by atoms with E-state index < -0.39 is 10.0 Å². The molecule has 0 aliphatic rings. The van der Waals surface area contributed by atoms with Gasteiger partial charge in [0.2, 0.25) is 10.0 Å². The lowest BCUT2D eigenvalue weighted by Gasteiger charge is -2.04. The van der Waals surface area contributed by atoms with Gasteiger partial charge in [0.15, 0.2) is 0 Å². The second-order valence-corrected chi connectivity index (χ2v) is 5.32. The topological polar surface area (TPSA) is 72.2 Å². The van der Waals surface area contributed by atoms with E-state index in [1.54, 1.807) is 12.1 Å². The summed E-state index contributed by atoms with van der Waals surface area (Å²) in [5.41, 5.74) is 5.20. The zero-order chi connectivity index (χ0) is 10.6. The van der Waals surface area contributed by atoms with E-state index in [0.29, 0.717) is 0 Å². The average molecular weight is 279 g/mol. The summed E-state index contributed by atoms with van der Waals surface area (Å²) < 4.78 is 26.3. The van der Waals surface area contributed by atoms with Crippen molar-refractivity contribution in [2.45, 2.75) is 4.90 Å². The first-order chi connectivity index (χ1) is 6.56. The molecule has 1 aromatic carbocycles. The van der Waals surface area contributed by atoms with E-state index in [1.807, 2.05) is 0 Å². The fourth-order valence-corrected chi connectivity index (χ4v) is 2.20. The maximum Gasteiger partial charge on any atom is 0.240 e. The van der Waals surface area contributed by atoms with Gasteiger partial charge in [-0.05, 0) is 24.3 Å². The molecule has 0 aliphatic carbocycles. The molecule has 0 aromatic heterocycles. The van der Waals surface area contributed by atoms with Gasteiger partial charge in [-0.1, -0.05) is 15.9 Å². The lowest BCUT2D eigenvalue weighted by atomic mass is 10.4. The Morgan fingerprint density at radius 3 is 2.36 bits per heavy atom. The van der Waals surface area contributed by atoms with Crippen LogP contribution in [-0.2, 0) is 10.0 Å². The standard InChI is InChI=1S/C8H11BrN2O2S/c9-7-1-3-8(4-2-7)14(12,13)11-6-5-10/h1-4,11H,5-6,10H2. The quantitative estimate of drug-likeness (QED) is 0.851. The molecule has 1 aromatic rings. The molecule has 14 heavy (non-hydrogen) atoms. The molecule has 0 heterocycles. The van der Waals surface area contributed by atoms with Crippen LogP contribution in [0.2, 0.25) is 0 Å². The number of nitrogens with one attached hydrogen (secondary N) is 1. The van der Waals surface area contributed by atoms with E-state index in [1.165, 1.54) is 12.1 Å². The van der Waals surface area contributed by atoms with Crippen LogP contribution in [0.15, 0.2) is 33.6 Å². The summed E-state index contributed by atoms with van der Waals surface area (Å²) in [4.78, 5) is 0.245. The van der Waals surface area contributed by atoms with E-state index in [2.05, 4.69) is 20.7 Å². The number of hydrogen-bond acceptors (Lipinski definition) is 3. The Kier molecular flexibility index (Phi) is 4.06. The predicted molar refractivity (Wildman–Crippen MR) is 58.4 cm³/mol. The highest BCUT2D eigenvalue weighted by Crippen LogP contribution is 2.13. The lowest BCUT2D eigenvalue weighted by Crippen LogP contribution is -2.29. The first-order valence-electron chi connectivity index (χ1n) is 4.01. The van der Waals surface area contributed by atoms with Gasteiger partial charge in [-0.15, -0.1) is 0 Å². The molecule has 1 rings (SSSR count). The third-order valence-electron chi connectivity index (χ3n) is 1.56. The van der Waals surface area contributed by atoms with Gasteiger partial charge < -0.3 is 5.73 Å². The summed E-state index contributed by atoms with van der Waals surface area (Å²) >= 11 is 3.23. The van der Waals surface area contributed by atoms with Crippen molar-refractivity contribution < 1.29 is 8.42 Å². The molecule has 0 fully saturated rings. The monoisotopic (exact) mass is 278 g/mol. The van der Waals surface area contributed by atoms with Crippen molar-refractivity contribution in [3.05, 3.63) is 28.7 Å². The van der Waals surface area contributed by atoms with Gasteiger partial charge >= 0.3 is 0 Å². The zero-order valence-corrected chi connectivity index (χ0v) is 9.81. The van der Waals surface area contributed by atoms with E-state index in [-0.39, 0.29) is 18.0 Å². The Labute approximate surface area is 91.7 Å². The second-order valence-electron chi connectivity index (χ2n) is 2.64. The molecule has 0 aliphatic heterocycles. The van der Waals surface area contributed by atoms with Crippen LogP contribution in [0.3, 0.4) is 0 Å². The van der Waals surface area contributed by atoms with Crippen molar-refractivity contribution in [1.29, 1.82) is 0 Å².